The van der Waals surface area contributed by atoms with Crippen molar-refractivity contribution >= 4 is 22.5 Å². The number of allylic oxidation sites excluding steroid dienone is 2. The van der Waals surface area contributed by atoms with Gasteiger partial charge in [0.1, 0.15) is 6.07 Å². The molecule has 0 bridgehead atoms. The molecule has 0 fully saturated rings. The van der Waals surface area contributed by atoms with Crippen LogP contribution in [0.3, 0.4) is 0 Å². The van der Waals surface area contributed by atoms with Crippen LogP contribution in [0.2, 0.25) is 5.02 Å². The van der Waals surface area contributed by atoms with Crippen molar-refractivity contribution in [2.75, 3.05) is 6.61 Å². The molecule has 0 aliphatic carbocycles. The predicted molar refractivity (Wildman–Crippen MR) is 89.2 cm³/mol. The fourth-order valence-corrected chi connectivity index (χ4v) is 3.56. The van der Waals surface area contributed by atoms with E-state index in [1.165, 1.54) is 5.56 Å². The summed E-state index contributed by atoms with van der Waals surface area (Å²) < 4.78 is 5.93. The minimum absolute atomic E-state index is 0.0512. The Bertz CT molecular complexity index is 783. The largest absolute Gasteiger partial charge is 0.372 e. The molecular weight excluding hydrogens is 296 g/mol. The van der Waals surface area contributed by atoms with E-state index in [4.69, 9.17) is 16.3 Å². The second kappa shape index (κ2) is 6.16. The van der Waals surface area contributed by atoms with Crippen molar-refractivity contribution in [2.45, 2.75) is 39.2 Å². The SMILES string of the molecule is C/C=C/CCC1OCCc2c1[nH]c1c(Cl)cc(C)c(C#N)c21. The molecule has 1 N–H and O–H groups in total. The van der Waals surface area contributed by atoms with Crippen molar-refractivity contribution in [3.05, 3.63) is 45.6 Å². The first-order valence-electron chi connectivity index (χ1n) is 7.63. The summed E-state index contributed by atoms with van der Waals surface area (Å²) in [6, 6.07) is 4.20. The molecule has 22 heavy (non-hydrogen) atoms. The normalized spacial score (nSPS) is 17.8. The number of nitrogens with one attached hydrogen (secondary N) is 1. The van der Waals surface area contributed by atoms with Gasteiger partial charge in [0, 0.05) is 11.1 Å². The molecule has 1 aromatic carbocycles. The third-order valence-electron chi connectivity index (χ3n) is 4.30. The van der Waals surface area contributed by atoms with Gasteiger partial charge in [-0.05, 0) is 50.3 Å². The summed E-state index contributed by atoms with van der Waals surface area (Å²) >= 11 is 6.39. The summed E-state index contributed by atoms with van der Waals surface area (Å²) in [5.74, 6) is 0. The molecule has 1 unspecified atom stereocenters. The Hall–Kier alpha value is -1.76. The lowest BCUT2D eigenvalue weighted by atomic mass is 9.96. The average molecular weight is 315 g/mol. The molecule has 114 valence electrons. The van der Waals surface area contributed by atoms with Crippen LogP contribution in [0, 0.1) is 18.3 Å². The molecule has 1 aromatic heterocycles. The number of benzene rings is 1. The van der Waals surface area contributed by atoms with Crippen molar-refractivity contribution < 1.29 is 4.74 Å². The van der Waals surface area contributed by atoms with E-state index in [0.717, 1.165) is 47.0 Å². The number of aromatic nitrogens is 1. The van der Waals surface area contributed by atoms with Gasteiger partial charge >= 0.3 is 0 Å². The third-order valence-corrected chi connectivity index (χ3v) is 4.60. The van der Waals surface area contributed by atoms with Gasteiger partial charge in [-0.25, -0.2) is 0 Å². The second-order valence-corrected chi connectivity index (χ2v) is 6.09. The van der Waals surface area contributed by atoms with Gasteiger partial charge in [-0.15, -0.1) is 0 Å². The van der Waals surface area contributed by atoms with E-state index in [1.54, 1.807) is 0 Å². The van der Waals surface area contributed by atoms with Crippen LogP contribution in [0.15, 0.2) is 18.2 Å². The molecule has 1 aliphatic heterocycles. The molecule has 1 atom stereocenters. The van der Waals surface area contributed by atoms with Gasteiger partial charge in [0.25, 0.3) is 0 Å². The van der Waals surface area contributed by atoms with Gasteiger partial charge in [0.05, 0.1) is 28.8 Å². The van der Waals surface area contributed by atoms with E-state index in [1.807, 2.05) is 19.9 Å². The molecule has 0 saturated heterocycles. The van der Waals surface area contributed by atoms with Crippen molar-refractivity contribution in [3.8, 4) is 6.07 Å². The highest BCUT2D eigenvalue weighted by Gasteiger charge is 2.27. The third kappa shape index (κ3) is 2.43. The van der Waals surface area contributed by atoms with Gasteiger partial charge in [0.15, 0.2) is 0 Å². The topological polar surface area (TPSA) is 48.8 Å². The highest BCUT2D eigenvalue weighted by atomic mass is 35.5. The molecule has 2 aromatic rings. The predicted octanol–water partition coefficient (Wildman–Crippen LogP) is 4.97. The first-order valence-corrected chi connectivity index (χ1v) is 8.01. The van der Waals surface area contributed by atoms with Crippen molar-refractivity contribution in [3.63, 3.8) is 0 Å². The Morgan fingerprint density at radius 3 is 3.09 bits per heavy atom. The number of H-pyrrole nitrogens is 1. The molecule has 1 aliphatic rings. The maximum atomic E-state index is 9.52. The molecule has 2 heterocycles. The zero-order valence-electron chi connectivity index (χ0n) is 12.9. The molecule has 0 spiro atoms. The number of ether oxygens (including phenoxy) is 1. The summed E-state index contributed by atoms with van der Waals surface area (Å²) in [6.07, 6.45) is 7.00. The molecular formula is C18H19ClN2O. The second-order valence-electron chi connectivity index (χ2n) is 5.69. The molecule has 3 rings (SSSR count). The van der Waals surface area contributed by atoms with Crippen LogP contribution in [0.4, 0.5) is 0 Å². The maximum Gasteiger partial charge on any atom is 0.100 e. The summed E-state index contributed by atoms with van der Waals surface area (Å²) in [6.45, 7) is 4.65. The van der Waals surface area contributed by atoms with E-state index in [0.29, 0.717) is 11.6 Å². The first-order chi connectivity index (χ1) is 10.7. The van der Waals surface area contributed by atoms with Gasteiger partial charge in [-0.3, -0.25) is 0 Å². The average Bonchev–Trinajstić information content (AvgIpc) is 2.89. The zero-order valence-corrected chi connectivity index (χ0v) is 13.6. The van der Waals surface area contributed by atoms with E-state index < -0.39 is 0 Å². The fraction of sp³-hybridized carbons (Fsp3) is 0.389. The summed E-state index contributed by atoms with van der Waals surface area (Å²) in [7, 11) is 0. The summed E-state index contributed by atoms with van der Waals surface area (Å²) in [4.78, 5) is 3.43. The number of nitriles is 1. The van der Waals surface area contributed by atoms with E-state index in [-0.39, 0.29) is 6.10 Å². The number of nitrogens with zero attached hydrogens (tertiary/aromatic N) is 1. The maximum absolute atomic E-state index is 9.52. The minimum Gasteiger partial charge on any atom is -0.372 e. The van der Waals surface area contributed by atoms with Crippen LogP contribution in [-0.2, 0) is 11.2 Å². The zero-order chi connectivity index (χ0) is 15.7. The summed E-state index contributed by atoms with van der Waals surface area (Å²) in [5, 5.41) is 11.2. The fourth-order valence-electron chi connectivity index (χ4n) is 3.25. The standard InChI is InChI=1S/C18H19ClN2O/c1-3-4-5-6-15-17-12(7-8-22-15)16-13(10-20)11(2)9-14(19)18(16)21-17/h3-4,9,15,21H,5-8H2,1-2H3/b4-3+. The molecule has 0 saturated carbocycles. The van der Waals surface area contributed by atoms with Gasteiger partial charge in [-0.1, -0.05) is 23.8 Å². The Labute approximate surface area is 135 Å². The monoisotopic (exact) mass is 314 g/mol. The number of aromatic amines is 1. The van der Waals surface area contributed by atoms with Crippen LogP contribution in [-0.4, -0.2) is 11.6 Å². The Morgan fingerprint density at radius 1 is 1.55 bits per heavy atom. The van der Waals surface area contributed by atoms with E-state index in [9.17, 15) is 5.26 Å². The number of halogens is 1. The van der Waals surface area contributed by atoms with Crippen LogP contribution in [0.25, 0.3) is 10.9 Å². The van der Waals surface area contributed by atoms with Gasteiger partial charge in [-0.2, -0.15) is 5.26 Å². The Morgan fingerprint density at radius 2 is 2.36 bits per heavy atom. The number of aryl methyl sites for hydroxylation is 1. The molecule has 3 nitrogen and oxygen atoms in total. The van der Waals surface area contributed by atoms with Gasteiger partial charge in [0.2, 0.25) is 0 Å². The lowest BCUT2D eigenvalue weighted by Gasteiger charge is -2.23. The lowest BCUT2D eigenvalue weighted by Crippen LogP contribution is -2.15. The number of hydrogen-bond donors (Lipinski definition) is 1. The molecule has 0 radical (unpaired) electrons. The smallest absolute Gasteiger partial charge is 0.100 e. The van der Waals surface area contributed by atoms with Crippen molar-refractivity contribution in [2.24, 2.45) is 0 Å². The quantitative estimate of drug-likeness (QED) is 0.813. The Kier molecular flexibility index (Phi) is 4.24. The van der Waals surface area contributed by atoms with Crippen LogP contribution in [0.5, 0.6) is 0 Å². The van der Waals surface area contributed by atoms with Crippen LogP contribution >= 0.6 is 11.6 Å². The highest BCUT2D eigenvalue weighted by molar-refractivity contribution is 6.35. The molecule has 0 amide bonds. The highest BCUT2D eigenvalue weighted by Crippen LogP contribution is 2.39. The Balaban J connectivity index is 2.15. The summed E-state index contributed by atoms with van der Waals surface area (Å²) in [5.41, 5.74) is 4.82. The first kappa shape index (κ1) is 15.1. The van der Waals surface area contributed by atoms with E-state index in [2.05, 4.69) is 23.2 Å². The molecule has 4 heteroatoms. The lowest BCUT2D eigenvalue weighted by molar-refractivity contribution is 0.0350. The van der Waals surface area contributed by atoms with Crippen molar-refractivity contribution in [1.29, 1.82) is 5.26 Å². The number of rotatable bonds is 3. The number of hydrogen-bond acceptors (Lipinski definition) is 2. The van der Waals surface area contributed by atoms with E-state index >= 15 is 0 Å². The minimum atomic E-state index is 0.0512. The van der Waals surface area contributed by atoms with Crippen molar-refractivity contribution in [1.82, 2.24) is 4.98 Å². The number of fused-ring (bicyclic) bond motifs is 3. The van der Waals surface area contributed by atoms with Crippen LogP contribution in [0.1, 0.15) is 48.3 Å². The van der Waals surface area contributed by atoms with Crippen LogP contribution < -0.4 is 0 Å². The van der Waals surface area contributed by atoms with Gasteiger partial charge < -0.3 is 9.72 Å².